The van der Waals surface area contributed by atoms with Crippen molar-refractivity contribution >= 4 is 5.91 Å². The first-order valence-corrected chi connectivity index (χ1v) is 6.37. The third-order valence-corrected chi connectivity index (χ3v) is 3.11. The lowest BCUT2D eigenvalue weighted by atomic mass is 10.1. The van der Waals surface area contributed by atoms with E-state index in [0.717, 1.165) is 26.1 Å². The van der Waals surface area contributed by atoms with Crippen LogP contribution in [0.5, 0.6) is 5.75 Å². The summed E-state index contributed by atoms with van der Waals surface area (Å²) in [6, 6.07) is 7.16. The van der Waals surface area contributed by atoms with E-state index >= 15 is 0 Å². The number of ether oxygens (including phenoxy) is 2. The fraction of sp³-hybridized carbons (Fsp3) is 0.500. The number of carbonyl (C=O) groups is 1. The molecule has 2 rings (SSSR count). The van der Waals surface area contributed by atoms with Gasteiger partial charge in [-0.2, -0.15) is 0 Å². The molecule has 0 atom stereocenters. The van der Waals surface area contributed by atoms with E-state index in [1.54, 1.807) is 19.2 Å². The number of rotatable bonds is 4. The van der Waals surface area contributed by atoms with Crippen molar-refractivity contribution in [3.63, 3.8) is 0 Å². The minimum Gasteiger partial charge on any atom is -0.490 e. The highest BCUT2D eigenvalue weighted by Crippen LogP contribution is 2.19. The molecule has 0 N–H and O–H groups in total. The van der Waals surface area contributed by atoms with Crippen LogP contribution in [0.3, 0.4) is 0 Å². The summed E-state index contributed by atoms with van der Waals surface area (Å²) < 4.78 is 11.2. The fourth-order valence-electron chi connectivity index (χ4n) is 1.95. The van der Waals surface area contributed by atoms with Crippen LogP contribution < -0.4 is 4.74 Å². The van der Waals surface area contributed by atoms with Gasteiger partial charge in [0.2, 0.25) is 0 Å². The van der Waals surface area contributed by atoms with E-state index in [0.29, 0.717) is 11.3 Å². The van der Waals surface area contributed by atoms with Crippen LogP contribution in [-0.2, 0) is 9.57 Å². The summed E-state index contributed by atoms with van der Waals surface area (Å²) in [7, 11) is 3.04. The normalized spacial score (nSPS) is 16.1. The molecule has 1 aromatic carbocycles. The highest BCUT2D eigenvalue weighted by atomic mass is 16.7. The lowest BCUT2D eigenvalue weighted by Crippen LogP contribution is -2.27. The number of nitrogens with zero attached hydrogens (tertiary/aromatic N) is 1. The SMILES string of the molecule is CON(C)C(=O)c1cccc(OC2CCOCC2)c1. The van der Waals surface area contributed by atoms with Gasteiger partial charge in [-0.1, -0.05) is 6.07 Å². The van der Waals surface area contributed by atoms with E-state index in [1.165, 1.54) is 12.2 Å². The minimum absolute atomic E-state index is 0.166. The van der Waals surface area contributed by atoms with Gasteiger partial charge in [-0.05, 0) is 18.2 Å². The molecule has 0 aromatic heterocycles. The number of hydrogen-bond acceptors (Lipinski definition) is 4. The summed E-state index contributed by atoms with van der Waals surface area (Å²) in [5, 5.41) is 1.19. The molecule has 0 radical (unpaired) electrons. The summed E-state index contributed by atoms with van der Waals surface area (Å²) in [5.74, 6) is 0.516. The maximum absolute atomic E-state index is 11.9. The van der Waals surface area contributed by atoms with E-state index < -0.39 is 0 Å². The van der Waals surface area contributed by atoms with E-state index in [2.05, 4.69) is 0 Å². The van der Waals surface area contributed by atoms with Gasteiger partial charge in [-0.3, -0.25) is 9.63 Å². The Morgan fingerprint density at radius 3 is 2.79 bits per heavy atom. The van der Waals surface area contributed by atoms with Gasteiger partial charge < -0.3 is 9.47 Å². The summed E-state index contributed by atoms with van der Waals surface area (Å²) in [4.78, 5) is 16.8. The zero-order valence-corrected chi connectivity index (χ0v) is 11.3. The van der Waals surface area contributed by atoms with Crippen LogP contribution in [0.2, 0.25) is 0 Å². The Kier molecular flexibility index (Phi) is 4.76. The summed E-state index contributed by atoms with van der Waals surface area (Å²) >= 11 is 0. The Bertz CT molecular complexity index is 429. The van der Waals surface area contributed by atoms with Crippen molar-refractivity contribution in [2.24, 2.45) is 0 Å². The summed E-state index contributed by atoms with van der Waals surface area (Å²) in [6.07, 6.45) is 1.94. The fourth-order valence-corrected chi connectivity index (χ4v) is 1.95. The molecule has 0 spiro atoms. The van der Waals surface area contributed by atoms with E-state index in [-0.39, 0.29) is 12.0 Å². The molecule has 1 fully saturated rings. The number of hydrogen-bond donors (Lipinski definition) is 0. The molecule has 1 aliphatic heterocycles. The first-order chi connectivity index (χ1) is 9.20. The molecule has 1 saturated heterocycles. The van der Waals surface area contributed by atoms with Crippen molar-refractivity contribution < 1.29 is 19.1 Å². The molecule has 0 saturated carbocycles. The zero-order chi connectivity index (χ0) is 13.7. The molecule has 5 heteroatoms. The predicted molar refractivity (Wildman–Crippen MR) is 70.0 cm³/mol. The third kappa shape index (κ3) is 3.68. The average Bonchev–Trinajstić information content (AvgIpc) is 2.47. The maximum Gasteiger partial charge on any atom is 0.277 e. The molecule has 104 valence electrons. The van der Waals surface area contributed by atoms with Gasteiger partial charge in [0, 0.05) is 25.5 Å². The van der Waals surface area contributed by atoms with Crippen molar-refractivity contribution in [1.82, 2.24) is 5.06 Å². The molecular weight excluding hydrogens is 246 g/mol. The Morgan fingerprint density at radius 2 is 2.11 bits per heavy atom. The van der Waals surface area contributed by atoms with Crippen LogP contribution in [0.1, 0.15) is 23.2 Å². The Hall–Kier alpha value is -1.59. The van der Waals surface area contributed by atoms with E-state index in [9.17, 15) is 4.79 Å². The van der Waals surface area contributed by atoms with Gasteiger partial charge in [-0.15, -0.1) is 0 Å². The van der Waals surface area contributed by atoms with Crippen molar-refractivity contribution in [2.45, 2.75) is 18.9 Å². The lowest BCUT2D eigenvalue weighted by Gasteiger charge is -2.23. The zero-order valence-electron chi connectivity index (χ0n) is 11.3. The molecule has 1 amide bonds. The standard InChI is InChI=1S/C14H19NO4/c1-15(17-2)14(16)11-4-3-5-13(10-11)19-12-6-8-18-9-7-12/h3-5,10,12H,6-9H2,1-2H3. The second kappa shape index (κ2) is 6.54. The molecule has 5 nitrogen and oxygen atoms in total. The largest absolute Gasteiger partial charge is 0.490 e. The van der Waals surface area contributed by atoms with E-state index in [1.807, 2.05) is 12.1 Å². The quantitative estimate of drug-likeness (QED) is 0.780. The monoisotopic (exact) mass is 265 g/mol. The van der Waals surface area contributed by atoms with Gasteiger partial charge in [0.15, 0.2) is 0 Å². The van der Waals surface area contributed by atoms with Gasteiger partial charge >= 0.3 is 0 Å². The van der Waals surface area contributed by atoms with Crippen molar-refractivity contribution in [3.8, 4) is 5.75 Å². The summed E-state index contributed by atoms with van der Waals surface area (Å²) in [5.41, 5.74) is 0.550. The first-order valence-electron chi connectivity index (χ1n) is 6.37. The van der Waals surface area contributed by atoms with Crippen molar-refractivity contribution in [1.29, 1.82) is 0 Å². The van der Waals surface area contributed by atoms with Gasteiger partial charge in [0.25, 0.3) is 5.91 Å². The average molecular weight is 265 g/mol. The predicted octanol–water partition coefficient (Wildman–Crippen LogP) is 1.88. The second-order valence-electron chi connectivity index (χ2n) is 4.44. The molecule has 19 heavy (non-hydrogen) atoms. The van der Waals surface area contributed by atoms with Crippen LogP contribution in [0.4, 0.5) is 0 Å². The molecule has 0 aliphatic carbocycles. The van der Waals surface area contributed by atoms with Crippen LogP contribution in [-0.4, -0.2) is 44.4 Å². The van der Waals surface area contributed by atoms with Crippen LogP contribution in [0.15, 0.2) is 24.3 Å². The second-order valence-corrected chi connectivity index (χ2v) is 4.44. The highest BCUT2D eigenvalue weighted by Gasteiger charge is 2.17. The maximum atomic E-state index is 11.9. The van der Waals surface area contributed by atoms with Crippen molar-refractivity contribution in [3.05, 3.63) is 29.8 Å². The van der Waals surface area contributed by atoms with Gasteiger partial charge in [0.05, 0.1) is 20.3 Å². The number of hydroxylamine groups is 2. The van der Waals surface area contributed by atoms with Crippen LogP contribution >= 0.6 is 0 Å². The lowest BCUT2D eigenvalue weighted by molar-refractivity contribution is -0.0757. The topological polar surface area (TPSA) is 48.0 Å². The first kappa shape index (κ1) is 13.8. The van der Waals surface area contributed by atoms with Crippen molar-refractivity contribution in [2.75, 3.05) is 27.4 Å². The molecular formula is C14H19NO4. The smallest absolute Gasteiger partial charge is 0.277 e. The molecule has 1 aliphatic rings. The summed E-state index contributed by atoms with van der Waals surface area (Å²) in [6.45, 7) is 1.46. The van der Waals surface area contributed by atoms with E-state index in [4.69, 9.17) is 14.3 Å². The molecule has 1 aromatic rings. The van der Waals surface area contributed by atoms with Crippen LogP contribution in [0, 0.1) is 0 Å². The molecule has 0 bridgehead atoms. The third-order valence-electron chi connectivity index (χ3n) is 3.11. The Morgan fingerprint density at radius 1 is 1.37 bits per heavy atom. The van der Waals surface area contributed by atoms with Gasteiger partial charge in [0.1, 0.15) is 11.9 Å². The number of amides is 1. The Balaban J connectivity index is 2.04. The minimum atomic E-state index is -0.195. The number of carbonyl (C=O) groups excluding carboxylic acids is 1. The molecule has 1 heterocycles. The van der Waals surface area contributed by atoms with Crippen LogP contribution in [0.25, 0.3) is 0 Å². The van der Waals surface area contributed by atoms with Gasteiger partial charge in [-0.25, -0.2) is 5.06 Å². The number of benzene rings is 1. The Labute approximate surface area is 113 Å². The molecule has 0 unspecified atom stereocenters. The highest BCUT2D eigenvalue weighted by molar-refractivity contribution is 5.93.